The van der Waals surface area contributed by atoms with Gasteiger partial charge in [-0.15, -0.1) is 0 Å². The van der Waals surface area contributed by atoms with E-state index in [1.54, 1.807) is 17.1 Å². The van der Waals surface area contributed by atoms with E-state index in [9.17, 15) is 8.78 Å². The van der Waals surface area contributed by atoms with Crippen LogP contribution in [-0.4, -0.2) is 38.5 Å². The molecule has 32 heavy (non-hydrogen) atoms. The monoisotopic (exact) mass is 450 g/mol. The molecular formula is C23H17ClF2N6. The van der Waals surface area contributed by atoms with Gasteiger partial charge in [-0.2, -0.15) is 5.10 Å². The molecule has 0 saturated carbocycles. The summed E-state index contributed by atoms with van der Waals surface area (Å²) in [5, 5.41) is 4.14. The van der Waals surface area contributed by atoms with Crippen LogP contribution in [0, 0.1) is 11.6 Å². The van der Waals surface area contributed by atoms with Crippen LogP contribution in [0.5, 0.6) is 0 Å². The second-order valence-electron chi connectivity index (χ2n) is 7.29. The lowest BCUT2D eigenvalue weighted by Crippen LogP contribution is -2.09. The van der Waals surface area contributed by atoms with Crippen LogP contribution in [0.25, 0.3) is 27.7 Å². The van der Waals surface area contributed by atoms with Gasteiger partial charge >= 0.3 is 0 Å². The van der Waals surface area contributed by atoms with E-state index in [4.69, 9.17) is 22.3 Å². The van der Waals surface area contributed by atoms with Crippen molar-refractivity contribution in [3.05, 3.63) is 82.9 Å². The van der Waals surface area contributed by atoms with E-state index in [0.717, 1.165) is 22.7 Å². The Morgan fingerprint density at radius 1 is 1.03 bits per heavy atom. The summed E-state index contributed by atoms with van der Waals surface area (Å²) in [5.41, 5.74) is 10.6. The molecule has 4 aromatic rings. The number of benzene rings is 1. The average Bonchev–Trinajstić information content (AvgIpc) is 3.46. The molecule has 2 N–H and O–H groups in total. The van der Waals surface area contributed by atoms with E-state index in [1.807, 2.05) is 30.5 Å². The number of rotatable bonds is 5. The molecular weight excluding hydrogens is 434 g/mol. The topological polar surface area (TPSA) is 82.0 Å². The second kappa shape index (κ2) is 8.22. The van der Waals surface area contributed by atoms with Gasteiger partial charge in [-0.05, 0) is 24.3 Å². The highest BCUT2D eigenvalue weighted by molar-refractivity contribution is 6.35. The van der Waals surface area contributed by atoms with Gasteiger partial charge in [-0.3, -0.25) is 14.7 Å². The first kappa shape index (κ1) is 20.4. The third-order valence-corrected chi connectivity index (χ3v) is 5.49. The smallest absolute Gasteiger partial charge is 0.144 e. The van der Waals surface area contributed by atoms with Crippen molar-refractivity contribution in [3.8, 4) is 11.1 Å². The molecule has 0 aliphatic carbocycles. The molecule has 0 unspecified atom stereocenters. The third kappa shape index (κ3) is 3.68. The molecule has 0 radical (unpaired) electrons. The Morgan fingerprint density at radius 3 is 2.75 bits per heavy atom. The predicted molar refractivity (Wildman–Crippen MR) is 121 cm³/mol. The van der Waals surface area contributed by atoms with Crippen molar-refractivity contribution in [1.29, 1.82) is 0 Å². The molecule has 1 aliphatic rings. The fraction of sp³-hybridized carbons (Fsp3) is 0.130. The zero-order valence-electron chi connectivity index (χ0n) is 16.8. The number of halogens is 3. The Balaban J connectivity index is 1.53. The summed E-state index contributed by atoms with van der Waals surface area (Å²) in [6.45, 7) is 1.50. The summed E-state index contributed by atoms with van der Waals surface area (Å²) in [4.78, 5) is 13.6. The van der Waals surface area contributed by atoms with E-state index in [2.05, 4.69) is 15.1 Å². The number of pyridine rings is 2. The van der Waals surface area contributed by atoms with E-state index < -0.39 is 11.6 Å². The molecule has 4 heterocycles. The zero-order valence-corrected chi connectivity index (χ0v) is 17.5. The van der Waals surface area contributed by atoms with Gasteiger partial charge in [0.05, 0.1) is 46.7 Å². The molecule has 5 rings (SSSR count). The van der Waals surface area contributed by atoms with Crippen molar-refractivity contribution in [3.63, 3.8) is 0 Å². The van der Waals surface area contributed by atoms with E-state index in [0.29, 0.717) is 42.1 Å². The summed E-state index contributed by atoms with van der Waals surface area (Å²) in [6.07, 6.45) is 7.29. The zero-order chi connectivity index (χ0) is 22.2. The maximum absolute atomic E-state index is 14.5. The number of nitrogens with two attached hydrogens (primary N) is 1. The third-order valence-electron chi connectivity index (χ3n) is 5.20. The second-order valence-corrected chi connectivity index (χ2v) is 7.70. The van der Waals surface area contributed by atoms with Crippen LogP contribution < -0.4 is 5.73 Å². The first-order chi connectivity index (χ1) is 15.5. The molecule has 0 bridgehead atoms. The summed E-state index contributed by atoms with van der Waals surface area (Å²) in [6, 6.07) is 7.61. The number of nitrogens with zero attached hydrogens (tertiary/aromatic N) is 5. The Kier molecular flexibility index (Phi) is 5.24. The van der Waals surface area contributed by atoms with Crippen LogP contribution in [0.2, 0.25) is 5.02 Å². The quantitative estimate of drug-likeness (QED) is 0.460. The number of hydrogen-bond donors (Lipinski definition) is 1. The van der Waals surface area contributed by atoms with Crippen molar-refractivity contribution in [2.75, 3.05) is 13.1 Å². The van der Waals surface area contributed by atoms with Crippen molar-refractivity contribution in [2.24, 2.45) is 10.7 Å². The van der Waals surface area contributed by atoms with Gasteiger partial charge in [0.1, 0.15) is 11.6 Å². The Bertz CT molecular complexity index is 1410. The average molecular weight is 451 g/mol. The van der Waals surface area contributed by atoms with Crippen LogP contribution in [0.15, 0.2) is 60.0 Å². The summed E-state index contributed by atoms with van der Waals surface area (Å²) < 4.78 is 29.9. The van der Waals surface area contributed by atoms with Crippen molar-refractivity contribution in [1.82, 2.24) is 19.7 Å². The number of aliphatic imine (C=N–C) groups is 1. The SMILES string of the molecule is NCCn1cc(-c2cnc3ccc(C4=CCN=C4c4cc(Cl)c(F)cc4F)nc3c2)cn1. The largest absolute Gasteiger partial charge is 0.329 e. The molecule has 9 heteroatoms. The maximum Gasteiger partial charge on any atom is 0.144 e. The summed E-state index contributed by atoms with van der Waals surface area (Å²) in [5.74, 6) is -1.54. The van der Waals surface area contributed by atoms with Crippen LogP contribution >= 0.6 is 11.6 Å². The Labute approximate surface area is 187 Å². The normalized spacial score (nSPS) is 13.5. The van der Waals surface area contributed by atoms with Gasteiger partial charge < -0.3 is 5.73 Å². The highest BCUT2D eigenvalue weighted by Gasteiger charge is 2.22. The van der Waals surface area contributed by atoms with E-state index in [-0.39, 0.29) is 10.6 Å². The minimum atomic E-state index is -0.811. The van der Waals surface area contributed by atoms with Gasteiger partial charge in [0, 0.05) is 47.3 Å². The van der Waals surface area contributed by atoms with Gasteiger partial charge in [0.2, 0.25) is 0 Å². The first-order valence-electron chi connectivity index (χ1n) is 9.93. The molecule has 0 spiro atoms. The number of allylic oxidation sites excluding steroid dienone is 1. The number of aromatic nitrogens is 4. The minimum absolute atomic E-state index is 0.140. The van der Waals surface area contributed by atoms with E-state index in [1.165, 1.54) is 6.07 Å². The molecule has 3 aromatic heterocycles. The molecule has 1 aromatic carbocycles. The van der Waals surface area contributed by atoms with Crippen molar-refractivity contribution >= 4 is 33.9 Å². The molecule has 0 amide bonds. The van der Waals surface area contributed by atoms with Crippen LogP contribution in [-0.2, 0) is 6.54 Å². The standard InChI is InChI=1S/C23H17ClF2N6/c24-17-8-16(18(25)9-19(17)26)23-15(3-5-28-23)20-1-2-21-22(31-20)7-13(10-29-21)14-11-30-32(12-14)6-4-27/h1-3,7-12H,4-6,27H2. The molecule has 0 saturated heterocycles. The van der Waals surface area contributed by atoms with Crippen LogP contribution in [0.1, 0.15) is 11.3 Å². The van der Waals surface area contributed by atoms with Gasteiger partial charge in [-0.1, -0.05) is 17.7 Å². The van der Waals surface area contributed by atoms with Crippen LogP contribution in [0.3, 0.4) is 0 Å². The van der Waals surface area contributed by atoms with Crippen molar-refractivity contribution < 1.29 is 8.78 Å². The Hall–Kier alpha value is -3.49. The lowest BCUT2D eigenvalue weighted by Gasteiger charge is -2.10. The molecule has 1 aliphatic heterocycles. The van der Waals surface area contributed by atoms with Gasteiger partial charge in [0.15, 0.2) is 0 Å². The maximum atomic E-state index is 14.5. The fourth-order valence-corrected chi connectivity index (χ4v) is 3.82. The lowest BCUT2D eigenvalue weighted by atomic mass is 9.99. The van der Waals surface area contributed by atoms with Gasteiger partial charge in [0.25, 0.3) is 0 Å². The Morgan fingerprint density at radius 2 is 1.91 bits per heavy atom. The molecule has 0 fully saturated rings. The minimum Gasteiger partial charge on any atom is -0.329 e. The first-order valence-corrected chi connectivity index (χ1v) is 10.3. The van der Waals surface area contributed by atoms with Crippen molar-refractivity contribution in [2.45, 2.75) is 6.54 Å². The fourth-order valence-electron chi connectivity index (χ4n) is 3.65. The van der Waals surface area contributed by atoms with Crippen LogP contribution in [0.4, 0.5) is 8.78 Å². The lowest BCUT2D eigenvalue weighted by molar-refractivity contribution is 0.582. The number of hydrogen-bond acceptors (Lipinski definition) is 5. The summed E-state index contributed by atoms with van der Waals surface area (Å²) >= 11 is 5.88. The van der Waals surface area contributed by atoms with E-state index >= 15 is 0 Å². The summed E-state index contributed by atoms with van der Waals surface area (Å²) in [7, 11) is 0. The molecule has 6 nitrogen and oxygen atoms in total. The molecule has 160 valence electrons. The highest BCUT2D eigenvalue weighted by atomic mass is 35.5. The predicted octanol–water partition coefficient (Wildman–Crippen LogP) is 4.27. The molecule has 0 atom stereocenters. The number of fused-ring (bicyclic) bond motifs is 1. The highest BCUT2D eigenvalue weighted by Crippen LogP contribution is 2.29. The van der Waals surface area contributed by atoms with Gasteiger partial charge in [-0.25, -0.2) is 13.8 Å².